The molecule has 0 unspecified atom stereocenters. The smallest absolute Gasteiger partial charge is 0.306 e. The number of hydrogen-bond acceptors (Lipinski definition) is 5. The first-order valence-electron chi connectivity index (χ1n) is 7.98. The van der Waals surface area contributed by atoms with Gasteiger partial charge in [-0.1, -0.05) is 6.92 Å². The maximum Gasteiger partial charge on any atom is 0.306 e. The molecule has 2 heterocycles. The maximum absolute atomic E-state index is 12.0. The van der Waals surface area contributed by atoms with Crippen molar-refractivity contribution in [3.05, 3.63) is 16.0 Å². The largest absolute Gasteiger partial charge is 0.456 e. The molecule has 7 heteroatoms. The summed E-state index contributed by atoms with van der Waals surface area (Å²) in [6, 6.07) is 2.23. The Balaban J connectivity index is 2.28. The molecule has 0 bridgehead atoms. The van der Waals surface area contributed by atoms with E-state index in [4.69, 9.17) is 4.74 Å². The number of ether oxygens (including phenoxy) is 1. The van der Waals surface area contributed by atoms with Gasteiger partial charge in [-0.3, -0.25) is 9.59 Å². The Morgan fingerprint density at radius 1 is 1.38 bits per heavy atom. The summed E-state index contributed by atoms with van der Waals surface area (Å²) in [5, 5.41) is 15.2. The highest BCUT2D eigenvalue weighted by molar-refractivity contribution is 7.16. The molecular weight excluding hydrogens is 326 g/mol. The van der Waals surface area contributed by atoms with Gasteiger partial charge in [0, 0.05) is 12.8 Å². The van der Waals surface area contributed by atoms with Gasteiger partial charge in [0.2, 0.25) is 0 Å². The fourth-order valence-corrected chi connectivity index (χ4v) is 4.58. The Hall–Kier alpha value is -1.91. The first-order valence-corrected chi connectivity index (χ1v) is 8.80. The quantitative estimate of drug-likeness (QED) is 0.807. The minimum absolute atomic E-state index is 0.0128. The number of anilines is 1. The summed E-state index contributed by atoms with van der Waals surface area (Å²) in [5.74, 6) is -0.846. The normalized spacial score (nSPS) is 17.5. The van der Waals surface area contributed by atoms with Crippen LogP contribution in [0.4, 0.5) is 5.00 Å². The molecule has 0 saturated heterocycles. The number of nitrogens with zero attached hydrogens (tertiary/aromatic N) is 1. The van der Waals surface area contributed by atoms with E-state index < -0.39 is 11.9 Å². The molecule has 1 aliphatic rings. The summed E-state index contributed by atoms with van der Waals surface area (Å²) in [4.78, 5) is 24.3. The van der Waals surface area contributed by atoms with Crippen molar-refractivity contribution in [3.8, 4) is 6.07 Å². The van der Waals surface area contributed by atoms with Gasteiger partial charge in [0.25, 0.3) is 5.91 Å². The van der Waals surface area contributed by atoms with E-state index in [1.54, 1.807) is 6.92 Å². The first kappa shape index (κ1) is 18.4. The zero-order valence-electron chi connectivity index (χ0n) is 14.8. The summed E-state index contributed by atoms with van der Waals surface area (Å²) in [5.41, 5.74) is 1.37. The molecule has 1 aromatic rings. The van der Waals surface area contributed by atoms with Crippen molar-refractivity contribution in [2.45, 2.75) is 58.5 Å². The van der Waals surface area contributed by atoms with Crippen LogP contribution in [0, 0.1) is 11.3 Å². The molecule has 0 fully saturated rings. The Morgan fingerprint density at radius 3 is 2.62 bits per heavy atom. The van der Waals surface area contributed by atoms with Gasteiger partial charge in [-0.25, -0.2) is 0 Å². The zero-order chi connectivity index (χ0) is 18.1. The van der Waals surface area contributed by atoms with Crippen molar-refractivity contribution in [2.24, 2.45) is 0 Å². The average Bonchev–Trinajstić information content (AvgIpc) is 2.80. The number of rotatable bonds is 4. The fourth-order valence-electron chi connectivity index (χ4n) is 3.32. The highest BCUT2D eigenvalue weighted by atomic mass is 32.1. The third-order valence-corrected chi connectivity index (χ3v) is 5.48. The molecule has 1 amide bonds. The van der Waals surface area contributed by atoms with Gasteiger partial charge in [-0.2, -0.15) is 5.26 Å². The van der Waals surface area contributed by atoms with E-state index >= 15 is 0 Å². The molecule has 6 nitrogen and oxygen atoms in total. The molecule has 0 atom stereocenters. The number of carbonyl (C=O) groups is 2. The van der Waals surface area contributed by atoms with Crippen LogP contribution in [0.3, 0.4) is 0 Å². The van der Waals surface area contributed by atoms with Crippen LogP contribution in [-0.4, -0.2) is 24.0 Å². The van der Waals surface area contributed by atoms with Crippen molar-refractivity contribution in [2.75, 3.05) is 11.9 Å². The SMILES string of the molecule is CCC(=O)OCC(=O)Nc1sc2c(c1C#N)CC(C)(C)[NH2+]C2(C)C. The van der Waals surface area contributed by atoms with Gasteiger partial charge in [0.05, 0.1) is 16.0 Å². The third-order valence-electron chi connectivity index (χ3n) is 3.99. The van der Waals surface area contributed by atoms with Crippen molar-refractivity contribution in [1.82, 2.24) is 0 Å². The molecule has 2 rings (SSSR count). The second-order valence-corrected chi connectivity index (χ2v) is 8.34. The predicted molar refractivity (Wildman–Crippen MR) is 91.6 cm³/mol. The van der Waals surface area contributed by atoms with Gasteiger partial charge in [-0.15, -0.1) is 11.3 Å². The van der Waals surface area contributed by atoms with Gasteiger partial charge >= 0.3 is 5.97 Å². The van der Waals surface area contributed by atoms with E-state index in [-0.39, 0.29) is 24.1 Å². The minimum Gasteiger partial charge on any atom is -0.456 e. The molecule has 0 radical (unpaired) electrons. The summed E-state index contributed by atoms with van der Waals surface area (Å²) in [7, 11) is 0. The van der Waals surface area contributed by atoms with Crippen molar-refractivity contribution >= 4 is 28.2 Å². The number of nitrogens with two attached hydrogens (primary N) is 1. The molecule has 3 N–H and O–H groups in total. The van der Waals surface area contributed by atoms with Crippen LogP contribution in [0.1, 0.15) is 57.0 Å². The standard InChI is InChI=1S/C17H23N3O3S/c1-6-13(22)23-9-12(21)19-15-11(8-18)10-7-16(2,3)20-17(4,5)14(10)24-15/h20H,6-7,9H2,1-5H3,(H,19,21)/p+1. The lowest BCUT2D eigenvalue weighted by atomic mass is 9.81. The number of amides is 1. The van der Waals surface area contributed by atoms with Crippen molar-refractivity contribution in [3.63, 3.8) is 0 Å². The number of nitrogens with one attached hydrogen (secondary N) is 1. The zero-order valence-corrected chi connectivity index (χ0v) is 15.6. The molecule has 1 aliphatic heterocycles. The molecule has 0 aromatic carbocycles. The van der Waals surface area contributed by atoms with Crippen LogP contribution >= 0.6 is 11.3 Å². The van der Waals surface area contributed by atoms with Gasteiger partial charge in [0.15, 0.2) is 6.61 Å². The first-order chi connectivity index (χ1) is 11.1. The molecule has 0 aliphatic carbocycles. The van der Waals surface area contributed by atoms with Crippen molar-refractivity contribution in [1.29, 1.82) is 5.26 Å². The number of quaternary nitrogens is 1. The second kappa shape index (κ2) is 6.54. The number of hydrogen-bond donors (Lipinski definition) is 2. The molecule has 24 heavy (non-hydrogen) atoms. The van der Waals surface area contributed by atoms with Crippen LogP contribution in [-0.2, 0) is 26.3 Å². The average molecular weight is 350 g/mol. The summed E-state index contributed by atoms with van der Waals surface area (Å²) in [6.07, 6.45) is 0.995. The topological polar surface area (TPSA) is 95.8 Å². The van der Waals surface area contributed by atoms with E-state index in [0.29, 0.717) is 10.6 Å². The van der Waals surface area contributed by atoms with E-state index in [0.717, 1.165) is 16.9 Å². The summed E-state index contributed by atoms with van der Waals surface area (Å²) in [6.45, 7) is 9.89. The van der Waals surface area contributed by atoms with Gasteiger partial charge in [-0.05, 0) is 33.3 Å². The van der Waals surface area contributed by atoms with Crippen LogP contribution < -0.4 is 10.6 Å². The van der Waals surface area contributed by atoms with Gasteiger partial charge in [0.1, 0.15) is 16.6 Å². The lowest BCUT2D eigenvalue weighted by Gasteiger charge is -2.38. The van der Waals surface area contributed by atoms with E-state index in [1.807, 2.05) is 0 Å². The molecule has 130 valence electrons. The lowest BCUT2D eigenvalue weighted by molar-refractivity contribution is -0.789. The van der Waals surface area contributed by atoms with Crippen LogP contribution in [0.15, 0.2) is 0 Å². The Labute approximate surface area is 146 Å². The molecular formula is C17H24N3O3S+. The highest BCUT2D eigenvalue weighted by Crippen LogP contribution is 2.41. The number of esters is 1. The monoisotopic (exact) mass is 350 g/mol. The number of thiophene rings is 1. The molecule has 1 aromatic heterocycles. The Morgan fingerprint density at radius 2 is 2.04 bits per heavy atom. The lowest BCUT2D eigenvalue weighted by Crippen LogP contribution is -3.03. The van der Waals surface area contributed by atoms with Gasteiger partial charge < -0.3 is 15.4 Å². The van der Waals surface area contributed by atoms with Crippen LogP contribution in [0.2, 0.25) is 0 Å². The van der Waals surface area contributed by atoms with Crippen LogP contribution in [0.25, 0.3) is 0 Å². The number of carbonyl (C=O) groups excluding carboxylic acids is 2. The molecule has 0 saturated carbocycles. The number of nitriles is 1. The van der Waals surface area contributed by atoms with E-state index in [9.17, 15) is 14.9 Å². The fraction of sp³-hybridized carbons (Fsp3) is 0.588. The highest BCUT2D eigenvalue weighted by Gasteiger charge is 2.44. The minimum atomic E-state index is -0.423. The predicted octanol–water partition coefficient (Wildman–Crippen LogP) is 1.64. The molecule has 0 spiro atoms. The Bertz CT molecular complexity index is 713. The van der Waals surface area contributed by atoms with E-state index in [2.05, 4.69) is 44.4 Å². The third kappa shape index (κ3) is 3.77. The van der Waals surface area contributed by atoms with Crippen molar-refractivity contribution < 1.29 is 19.6 Å². The summed E-state index contributed by atoms with van der Waals surface area (Å²) < 4.78 is 4.84. The van der Waals surface area contributed by atoms with E-state index in [1.165, 1.54) is 11.3 Å². The Kier molecular flexibility index (Phi) is 5.02. The maximum atomic E-state index is 12.0. The summed E-state index contributed by atoms with van der Waals surface area (Å²) >= 11 is 1.44. The number of fused-ring (bicyclic) bond motifs is 1. The second-order valence-electron chi connectivity index (χ2n) is 7.32. The van der Waals surface area contributed by atoms with Crippen LogP contribution in [0.5, 0.6) is 0 Å².